The van der Waals surface area contributed by atoms with Gasteiger partial charge in [0.2, 0.25) is 0 Å². The molecule has 0 nitrogen and oxygen atoms in total. The van der Waals surface area contributed by atoms with Gasteiger partial charge in [0.25, 0.3) is 0 Å². The SMILES string of the molecule is FP.[CH3+].[Rf]. The molecule has 0 heterocycles. The van der Waals surface area contributed by atoms with Crippen LogP contribution in [-0.4, -0.2) is 0 Å². The average molecular weight is 334 g/mol. The summed E-state index contributed by atoms with van der Waals surface area (Å²) in [6.07, 6.45) is 0. The molecule has 0 aliphatic carbocycles. The minimum atomic E-state index is 0. The Morgan fingerprint density at radius 2 is 1.25 bits per heavy atom. The maximum absolute atomic E-state index is 9.42. The van der Waals surface area contributed by atoms with Crippen LogP contribution in [0.5, 0.6) is 0 Å². The van der Waals surface area contributed by atoms with E-state index in [1.807, 2.05) is 0 Å². The molecule has 0 amide bonds. The predicted molar refractivity (Wildman–Crippen MR) is 17.2 cm³/mol. The van der Waals surface area contributed by atoms with E-state index in [-0.39, 0.29) is 7.43 Å². The molecular weight excluding hydrogens is 329 g/mol. The molecule has 0 saturated carbocycles. The molecule has 3 heteroatoms. The molecule has 1 unspecified atom stereocenters. The third-order valence-corrected chi connectivity index (χ3v) is 0. The van der Waals surface area contributed by atoms with Crippen LogP contribution in [0.3, 0.4) is 0 Å². The Bertz CT molecular complexity index is 8.00. The second-order valence-corrected chi connectivity index (χ2v) is 0. The Hall–Kier alpha value is -0.770. The Labute approximate surface area is 22.4 Å². The van der Waals surface area contributed by atoms with E-state index in [0.717, 1.165) is 9.55 Å². The number of hydrogen-bond acceptors (Lipinski definition) is 0. The standard InChI is InChI=1S/CH3.FH2P.Rf/c;1-2;/h1H3;2H2;/q+1;;. The van der Waals surface area contributed by atoms with Crippen LogP contribution in [0.1, 0.15) is 0 Å². The molecule has 0 aromatic carbocycles. The van der Waals surface area contributed by atoms with Gasteiger partial charge in [-0.25, -0.2) is 4.20 Å². The Kier molecular flexibility index (Phi) is 432. The predicted octanol–water partition coefficient (Wildman–Crippen LogP) is 1.20. The van der Waals surface area contributed by atoms with Gasteiger partial charge in [0.05, 0.1) is 9.55 Å². The first kappa shape index (κ1) is 304. The summed E-state index contributed by atoms with van der Waals surface area (Å²) in [5.74, 6) is 0. The minimum absolute atomic E-state index is 0. The van der Waals surface area contributed by atoms with E-state index in [2.05, 4.69) is 0 Å². The zero-order valence-electron chi connectivity index (χ0n) is 2.66. The van der Waals surface area contributed by atoms with Crippen LogP contribution in [0.4, 0.5) is 4.20 Å². The molecule has 0 N–H and O–H groups in total. The maximum atomic E-state index is 9.42. The van der Waals surface area contributed by atoms with Crippen molar-refractivity contribution in [2.24, 2.45) is 0 Å². The minimum Gasteiger partial charge on any atom is -0.234 e. The van der Waals surface area contributed by atoms with E-state index < -0.39 is 0 Å². The van der Waals surface area contributed by atoms with Crippen molar-refractivity contribution in [2.75, 3.05) is 0 Å². The second-order valence-electron chi connectivity index (χ2n) is 0. The van der Waals surface area contributed by atoms with Crippen LogP contribution in [0, 0.1) is 7.43 Å². The van der Waals surface area contributed by atoms with Gasteiger partial charge in [-0.1, -0.05) is 0 Å². The molecule has 1 atom stereocenters. The van der Waals surface area contributed by atoms with Gasteiger partial charge in [0.1, 0.15) is 0 Å². The smallest absolute Gasteiger partial charge is 0.0526 e. The normalized spacial score (nSPS) is 1.50. The number of rotatable bonds is 0. The molecule has 0 aliphatic rings. The topological polar surface area (TPSA) is 0 Å². The van der Waals surface area contributed by atoms with Crippen LogP contribution in [0.25, 0.3) is 0 Å². The molecule has 0 rings (SSSR count). The largest absolute Gasteiger partial charge is 0.234 e. The summed E-state index contributed by atoms with van der Waals surface area (Å²) in [5, 5.41) is 0. The third kappa shape index (κ3) is 0.110. The van der Waals surface area contributed by atoms with Crippen LogP contribution in [-0.2, 0) is 0 Å². The average Bonchev–Trinajstić information content (AvgIpc) is 1.00. The summed E-state index contributed by atoms with van der Waals surface area (Å²) >= 11 is 0. The first-order valence-electron chi connectivity index (χ1n) is 0.218. The van der Waals surface area contributed by atoms with Gasteiger partial charge in [-0.15, -0.1) is 0 Å². The van der Waals surface area contributed by atoms with Crippen molar-refractivity contribution in [3.63, 3.8) is 0 Å². The Balaban J connectivity index is -0.00000000500. The fourth-order valence-corrected chi connectivity index (χ4v) is 0. The Morgan fingerprint density at radius 3 is 1.25 bits per heavy atom. The molecular formula is CH5FPRf+. The van der Waals surface area contributed by atoms with Crippen LogP contribution in [0.15, 0.2) is 0 Å². The zero-order valence-corrected chi connectivity index (χ0v) is 10.2. The van der Waals surface area contributed by atoms with Gasteiger partial charge < -0.3 is 0 Å². The molecule has 0 aromatic heterocycles. The molecule has 0 bridgehead atoms. The van der Waals surface area contributed by atoms with Crippen molar-refractivity contribution in [2.45, 2.75) is 0 Å². The van der Waals surface area contributed by atoms with E-state index in [1.54, 1.807) is 0 Å². The van der Waals surface area contributed by atoms with Gasteiger partial charge in [-0.2, -0.15) is 0 Å². The van der Waals surface area contributed by atoms with Crippen molar-refractivity contribution in [1.82, 2.24) is 0 Å². The van der Waals surface area contributed by atoms with E-state index in [0.29, 0.717) is 0 Å². The summed E-state index contributed by atoms with van der Waals surface area (Å²) in [6, 6.07) is 0. The maximum Gasteiger partial charge on any atom is 0.0526 e. The van der Waals surface area contributed by atoms with Crippen LogP contribution < -0.4 is 0 Å². The molecule has 22 valence electrons. The summed E-state index contributed by atoms with van der Waals surface area (Å²) in [7, 11) is 0.917. The summed E-state index contributed by atoms with van der Waals surface area (Å²) in [6.45, 7) is 0. The number of halogens is 1. The monoisotopic (exact) mass is 334 g/mol. The van der Waals surface area contributed by atoms with Crippen molar-refractivity contribution < 1.29 is 4.20 Å². The van der Waals surface area contributed by atoms with E-state index in [1.165, 1.54) is 0 Å². The quantitative estimate of drug-likeness (QED) is 0.461. The first-order valence-corrected chi connectivity index (χ1v) is 0.655. The summed E-state index contributed by atoms with van der Waals surface area (Å²) in [5.41, 5.74) is 0. The second kappa shape index (κ2) is 5.69. The van der Waals surface area contributed by atoms with Gasteiger partial charge in [-0.05, 0) is 0 Å². The third-order valence-electron chi connectivity index (χ3n) is 0. The van der Waals surface area contributed by atoms with Crippen molar-refractivity contribution in [3.05, 3.63) is 7.43 Å². The van der Waals surface area contributed by atoms with Gasteiger partial charge in [-0.3, -0.25) is 0 Å². The van der Waals surface area contributed by atoms with Gasteiger partial charge >= 0.3 is 0 Å². The van der Waals surface area contributed by atoms with Crippen molar-refractivity contribution >= 4 is 9.55 Å². The molecule has 0 spiro atoms. The molecule has 0 aromatic rings. The van der Waals surface area contributed by atoms with Crippen molar-refractivity contribution in [3.8, 4) is 0 Å². The van der Waals surface area contributed by atoms with Crippen molar-refractivity contribution in [1.29, 1.82) is 0 Å². The van der Waals surface area contributed by atoms with E-state index >= 15 is 0 Å². The Morgan fingerprint density at radius 1 is 1.25 bits per heavy atom. The summed E-state index contributed by atoms with van der Waals surface area (Å²) in [4.78, 5) is 0. The van der Waals surface area contributed by atoms with E-state index in [4.69, 9.17) is 0 Å². The summed E-state index contributed by atoms with van der Waals surface area (Å²) < 4.78 is 9.42. The molecule has 4 heavy (non-hydrogen) atoms. The van der Waals surface area contributed by atoms with Gasteiger partial charge in [0.15, 0.2) is 0 Å². The van der Waals surface area contributed by atoms with E-state index in [9.17, 15) is 4.20 Å². The fraction of sp³-hybridized carbons (Fsp3) is 0. The first-order chi connectivity index (χ1) is 1.00. The number of hydrogen-bond donors (Lipinski definition) is 0. The van der Waals surface area contributed by atoms with Crippen LogP contribution >= 0.6 is 9.55 Å². The fourth-order valence-electron chi connectivity index (χ4n) is 0. The molecule has 0 saturated heterocycles. The zero-order chi connectivity index (χ0) is 2.00. The van der Waals surface area contributed by atoms with Crippen LogP contribution in [0.2, 0.25) is 0 Å². The molecule has 0 aliphatic heterocycles. The van der Waals surface area contributed by atoms with Gasteiger partial charge in [0, 0.05) is 7.43 Å². The molecule has 0 fully saturated rings. The molecule has 0 radical (unpaired) electrons.